The molecule has 0 saturated carbocycles. The minimum atomic E-state index is -0.693. The molecule has 0 radical (unpaired) electrons. The SMILES string of the molecule is CC(C)(C)OC(=O)n1c(-c2cc(-c3cccc(O)c3)cc3c2C(=O)NC3)cc2cc(CN3CCCCC3)ccc21. The van der Waals surface area contributed by atoms with Crippen LogP contribution in [-0.4, -0.2) is 45.3 Å². The number of aromatic hydroxyl groups is 1. The van der Waals surface area contributed by atoms with Gasteiger partial charge in [-0.1, -0.05) is 24.6 Å². The lowest BCUT2D eigenvalue weighted by atomic mass is 9.93. The van der Waals surface area contributed by atoms with Crippen LogP contribution < -0.4 is 5.32 Å². The molecule has 0 aliphatic carbocycles. The van der Waals surface area contributed by atoms with Gasteiger partial charge >= 0.3 is 6.09 Å². The Morgan fingerprint density at radius 2 is 1.77 bits per heavy atom. The van der Waals surface area contributed by atoms with Crippen molar-refractivity contribution in [2.24, 2.45) is 0 Å². The average Bonchev–Trinajstić information content (AvgIpc) is 3.48. The molecule has 0 bridgehead atoms. The predicted molar refractivity (Wildman–Crippen MR) is 156 cm³/mol. The van der Waals surface area contributed by atoms with E-state index < -0.39 is 11.7 Å². The second-order valence-corrected chi connectivity index (χ2v) is 11.9. The van der Waals surface area contributed by atoms with Gasteiger partial charge in [0, 0.05) is 24.0 Å². The van der Waals surface area contributed by atoms with Crippen LogP contribution in [0.2, 0.25) is 0 Å². The van der Waals surface area contributed by atoms with Crippen LogP contribution in [0.5, 0.6) is 5.75 Å². The van der Waals surface area contributed by atoms with Gasteiger partial charge in [-0.05, 0) is 111 Å². The molecule has 40 heavy (non-hydrogen) atoms. The van der Waals surface area contributed by atoms with Crippen molar-refractivity contribution in [1.82, 2.24) is 14.8 Å². The molecule has 7 heteroatoms. The fourth-order valence-electron chi connectivity index (χ4n) is 5.87. The molecule has 2 aliphatic heterocycles. The predicted octanol–water partition coefficient (Wildman–Crippen LogP) is 6.69. The third-order valence-electron chi connectivity index (χ3n) is 7.64. The van der Waals surface area contributed by atoms with E-state index in [0.29, 0.717) is 23.4 Å². The highest BCUT2D eigenvalue weighted by atomic mass is 16.6. The molecule has 0 unspecified atom stereocenters. The van der Waals surface area contributed by atoms with Crippen molar-refractivity contribution in [3.05, 3.63) is 77.4 Å². The van der Waals surface area contributed by atoms with Gasteiger partial charge in [-0.15, -0.1) is 0 Å². The summed E-state index contributed by atoms with van der Waals surface area (Å²) < 4.78 is 7.46. The Kier molecular flexibility index (Phi) is 6.62. The maximum atomic E-state index is 13.7. The Labute approximate surface area is 234 Å². The molecule has 7 nitrogen and oxygen atoms in total. The first kappa shape index (κ1) is 26.1. The van der Waals surface area contributed by atoms with Crippen LogP contribution >= 0.6 is 0 Å². The molecule has 2 aliphatic rings. The van der Waals surface area contributed by atoms with Crippen LogP contribution in [0.25, 0.3) is 33.3 Å². The lowest BCUT2D eigenvalue weighted by Gasteiger charge is -2.26. The van der Waals surface area contributed by atoms with E-state index in [1.807, 2.05) is 51.1 Å². The first-order valence-electron chi connectivity index (χ1n) is 14.0. The molecule has 3 heterocycles. The highest BCUT2D eigenvalue weighted by molar-refractivity contribution is 6.07. The number of ether oxygens (including phenoxy) is 1. The number of hydrogen-bond acceptors (Lipinski definition) is 5. The summed E-state index contributed by atoms with van der Waals surface area (Å²) in [7, 11) is 0. The molecular weight excluding hydrogens is 502 g/mol. The van der Waals surface area contributed by atoms with Crippen LogP contribution in [0.4, 0.5) is 4.79 Å². The van der Waals surface area contributed by atoms with E-state index in [4.69, 9.17) is 4.74 Å². The largest absolute Gasteiger partial charge is 0.508 e. The van der Waals surface area contributed by atoms with Gasteiger partial charge in [0.2, 0.25) is 0 Å². The van der Waals surface area contributed by atoms with E-state index in [1.54, 1.807) is 22.8 Å². The minimum absolute atomic E-state index is 0.165. The van der Waals surface area contributed by atoms with Gasteiger partial charge < -0.3 is 15.2 Å². The lowest BCUT2D eigenvalue weighted by Crippen LogP contribution is -2.29. The highest BCUT2D eigenvalue weighted by Gasteiger charge is 2.29. The van der Waals surface area contributed by atoms with Crippen LogP contribution in [-0.2, 0) is 17.8 Å². The molecule has 6 rings (SSSR count). The number of benzene rings is 3. The summed E-state index contributed by atoms with van der Waals surface area (Å²) in [4.78, 5) is 29.3. The van der Waals surface area contributed by atoms with E-state index in [2.05, 4.69) is 22.3 Å². The second kappa shape index (κ2) is 10.1. The number of phenols is 1. The maximum Gasteiger partial charge on any atom is 0.419 e. The topological polar surface area (TPSA) is 83.8 Å². The van der Waals surface area contributed by atoms with Crippen LogP contribution in [0.1, 0.15) is 61.5 Å². The summed E-state index contributed by atoms with van der Waals surface area (Å²) in [6, 6.07) is 19.2. The minimum Gasteiger partial charge on any atom is -0.508 e. The van der Waals surface area contributed by atoms with Crippen molar-refractivity contribution in [2.75, 3.05) is 13.1 Å². The number of rotatable bonds is 4. The molecule has 1 saturated heterocycles. The number of fused-ring (bicyclic) bond motifs is 2. The third kappa shape index (κ3) is 5.09. The molecule has 0 spiro atoms. The maximum absolute atomic E-state index is 13.7. The number of nitrogens with one attached hydrogen (secondary N) is 1. The number of carbonyl (C=O) groups is 2. The normalized spacial score (nSPS) is 15.7. The zero-order valence-electron chi connectivity index (χ0n) is 23.3. The number of likely N-dealkylation sites (tertiary alicyclic amines) is 1. The molecule has 3 aromatic carbocycles. The Bertz CT molecular complexity index is 1620. The Morgan fingerprint density at radius 1 is 0.975 bits per heavy atom. The third-order valence-corrected chi connectivity index (χ3v) is 7.64. The van der Waals surface area contributed by atoms with E-state index in [9.17, 15) is 14.7 Å². The van der Waals surface area contributed by atoms with Gasteiger partial charge in [0.25, 0.3) is 5.91 Å². The summed E-state index contributed by atoms with van der Waals surface area (Å²) in [5.74, 6) is -0.00269. The first-order chi connectivity index (χ1) is 19.2. The summed E-state index contributed by atoms with van der Waals surface area (Å²) in [5, 5.41) is 14.0. The standard InChI is InChI=1S/C33H35N3O4/c1-33(2,3)40-32(39)36-28-11-10-21(20-35-12-5-4-6-13-35)14-24(28)18-29(36)27-17-23(22-8-7-9-26(37)16-22)15-25-19-34-31(38)30(25)27/h7-11,14-18,37H,4-6,12-13,19-20H2,1-3H3,(H,34,38). The van der Waals surface area contributed by atoms with Gasteiger partial charge in [0.15, 0.2) is 0 Å². The molecule has 4 aromatic rings. The highest BCUT2D eigenvalue weighted by Crippen LogP contribution is 2.38. The number of piperidine rings is 1. The van der Waals surface area contributed by atoms with E-state index >= 15 is 0 Å². The number of aromatic nitrogens is 1. The van der Waals surface area contributed by atoms with Gasteiger partial charge in [0.1, 0.15) is 11.4 Å². The second-order valence-electron chi connectivity index (χ2n) is 11.9. The zero-order valence-corrected chi connectivity index (χ0v) is 23.3. The van der Waals surface area contributed by atoms with Crippen molar-refractivity contribution in [3.63, 3.8) is 0 Å². The van der Waals surface area contributed by atoms with Crippen molar-refractivity contribution >= 4 is 22.9 Å². The smallest absolute Gasteiger partial charge is 0.419 e. The summed E-state index contributed by atoms with van der Waals surface area (Å²) in [6.45, 7) is 9.02. The lowest BCUT2D eigenvalue weighted by molar-refractivity contribution is 0.0547. The fraction of sp³-hybridized carbons (Fsp3) is 0.333. The number of nitrogens with zero attached hydrogens (tertiary/aromatic N) is 2. The number of amides is 1. The number of hydrogen-bond donors (Lipinski definition) is 2. The first-order valence-corrected chi connectivity index (χ1v) is 14.0. The Hall–Kier alpha value is -4.10. The van der Waals surface area contributed by atoms with Crippen molar-refractivity contribution in [3.8, 4) is 28.1 Å². The molecule has 206 valence electrons. The van der Waals surface area contributed by atoms with Gasteiger partial charge in [-0.25, -0.2) is 9.36 Å². The molecule has 2 N–H and O–H groups in total. The zero-order chi connectivity index (χ0) is 28.0. The Balaban J connectivity index is 1.53. The quantitative estimate of drug-likeness (QED) is 0.303. The summed E-state index contributed by atoms with van der Waals surface area (Å²) in [5.41, 5.74) is 5.60. The van der Waals surface area contributed by atoms with Crippen LogP contribution in [0.3, 0.4) is 0 Å². The Morgan fingerprint density at radius 3 is 2.52 bits per heavy atom. The molecular formula is C33H35N3O4. The molecule has 1 aromatic heterocycles. The summed E-state index contributed by atoms with van der Waals surface area (Å²) in [6.07, 6.45) is 3.25. The van der Waals surface area contributed by atoms with Crippen molar-refractivity contribution in [2.45, 2.75) is 58.7 Å². The van der Waals surface area contributed by atoms with E-state index in [0.717, 1.165) is 47.2 Å². The number of phenolic OH excluding ortho intramolecular Hbond substituents is 1. The van der Waals surface area contributed by atoms with E-state index in [1.165, 1.54) is 24.8 Å². The molecule has 1 fully saturated rings. The van der Waals surface area contributed by atoms with Crippen LogP contribution in [0.15, 0.2) is 60.7 Å². The van der Waals surface area contributed by atoms with Crippen molar-refractivity contribution < 1.29 is 19.4 Å². The van der Waals surface area contributed by atoms with E-state index in [-0.39, 0.29) is 11.7 Å². The monoisotopic (exact) mass is 537 g/mol. The van der Waals surface area contributed by atoms with Crippen LogP contribution in [0, 0.1) is 0 Å². The fourth-order valence-corrected chi connectivity index (χ4v) is 5.87. The van der Waals surface area contributed by atoms with Gasteiger partial charge in [-0.2, -0.15) is 0 Å². The number of carbonyl (C=O) groups excluding carboxylic acids is 2. The summed E-state index contributed by atoms with van der Waals surface area (Å²) >= 11 is 0. The van der Waals surface area contributed by atoms with Crippen molar-refractivity contribution in [1.29, 1.82) is 0 Å². The van der Waals surface area contributed by atoms with Gasteiger partial charge in [-0.3, -0.25) is 9.69 Å². The molecule has 1 amide bonds. The average molecular weight is 538 g/mol. The molecule has 0 atom stereocenters. The van der Waals surface area contributed by atoms with Gasteiger partial charge in [0.05, 0.1) is 16.8 Å².